The minimum absolute atomic E-state index is 0.733. The van der Waals surface area contributed by atoms with E-state index < -0.39 is 0 Å². The molecule has 0 spiro atoms. The fourth-order valence-electron chi connectivity index (χ4n) is 3.91. The van der Waals surface area contributed by atoms with Crippen LogP contribution in [0.1, 0.15) is 111 Å². The van der Waals surface area contributed by atoms with Crippen LogP contribution in [0.25, 0.3) is 0 Å². The average molecular weight is 296 g/mol. The maximum absolute atomic E-state index is 4.03. The van der Waals surface area contributed by atoms with Gasteiger partial charge >= 0.3 is 0 Å². The van der Waals surface area contributed by atoms with E-state index in [0.717, 1.165) is 18.0 Å². The van der Waals surface area contributed by atoms with Crippen molar-refractivity contribution >= 4 is 0 Å². The SMILES string of the molecule is CCCCCC(CCCCC)N[C@@H](C)C1CCCCCC1. The molecular formula is C20H41N. The minimum Gasteiger partial charge on any atom is -0.311 e. The van der Waals surface area contributed by atoms with E-state index in [0.29, 0.717) is 0 Å². The highest BCUT2D eigenvalue weighted by Gasteiger charge is 2.21. The second-order valence-corrected chi connectivity index (χ2v) is 7.40. The summed E-state index contributed by atoms with van der Waals surface area (Å²) in [5.74, 6) is 0.937. The first-order valence-electron chi connectivity index (χ1n) is 10.0. The van der Waals surface area contributed by atoms with Crippen molar-refractivity contribution in [2.45, 2.75) is 123 Å². The Hall–Kier alpha value is -0.0400. The quantitative estimate of drug-likeness (QED) is 0.340. The third-order valence-electron chi connectivity index (χ3n) is 5.42. The van der Waals surface area contributed by atoms with Crippen molar-refractivity contribution in [3.63, 3.8) is 0 Å². The van der Waals surface area contributed by atoms with Crippen molar-refractivity contribution in [1.29, 1.82) is 0 Å². The fourth-order valence-corrected chi connectivity index (χ4v) is 3.91. The second kappa shape index (κ2) is 12.5. The lowest BCUT2D eigenvalue weighted by atomic mass is 9.91. The van der Waals surface area contributed by atoms with Crippen LogP contribution in [-0.4, -0.2) is 12.1 Å². The molecule has 0 aromatic heterocycles. The van der Waals surface area contributed by atoms with Gasteiger partial charge in [0.05, 0.1) is 0 Å². The largest absolute Gasteiger partial charge is 0.311 e. The third-order valence-corrected chi connectivity index (χ3v) is 5.42. The average Bonchev–Trinajstić information content (AvgIpc) is 2.76. The van der Waals surface area contributed by atoms with E-state index in [4.69, 9.17) is 0 Å². The lowest BCUT2D eigenvalue weighted by Gasteiger charge is -2.29. The smallest absolute Gasteiger partial charge is 0.00696 e. The van der Waals surface area contributed by atoms with Gasteiger partial charge in [0.25, 0.3) is 0 Å². The van der Waals surface area contributed by atoms with Crippen molar-refractivity contribution in [1.82, 2.24) is 5.32 Å². The Morgan fingerprint density at radius 2 is 1.33 bits per heavy atom. The van der Waals surface area contributed by atoms with Gasteiger partial charge in [0, 0.05) is 12.1 Å². The molecule has 0 aromatic rings. The normalized spacial score (nSPS) is 18.9. The molecule has 126 valence electrons. The van der Waals surface area contributed by atoms with Crippen molar-refractivity contribution in [3.8, 4) is 0 Å². The van der Waals surface area contributed by atoms with Crippen LogP contribution in [0, 0.1) is 5.92 Å². The molecular weight excluding hydrogens is 254 g/mol. The predicted molar refractivity (Wildman–Crippen MR) is 95.9 cm³/mol. The van der Waals surface area contributed by atoms with Gasteiger partial charge in [0.15, 0.2) is 0 Å². The number of hydrogen-bond acceptors (Lipinski definition) is 1. The second-order valence-electron chi connectivity index (χ2n) is 7.40. The van der Waals surface area contributed by atoms with Gasteiger partial charge in [0.1, 0.15) is 0 Å². The van der Waals surface area contributed by atoms with Gasteiger partial charge in [-0.2, -0.15) is 0 Å². The first kappa shape index (κ1) is 19.0. The molecule has 0 heterocycles. The molecule has 1 aliphatic carbocycles. The highest BCUT2D eigenvalue weighted by Crippen LogP contribution is 2.26. The lowest BCUT2D eigenvalue weighted by molar-refractivity contribution is 0.288. The molecule has 1 saturated carbocycles. The van der Waals surface area contributed by atoms with Crippen LogP contribution in [0.3, 0.4) is 0 Å². The van der Waals surface area contributed by atoms with Gasteiger partial charge in [-0.25, -0.2) is 0 Å². The van der Waals surface area contributed by atoms with Crippen LogP contribution >= 0.6 is 0 Å². The molecule has 0 saturated heterocycles. The number of hydrogen-bond donors (Lipinski definition) is 1. The highest BCUT2D eigenvalue weighted by molar-refractivity contribution is 4.79. The molecule has 0 amide bonds. The number of nitrogens with one attached hydrogen (secondary N) is 1. The topological polar surface area (TPSA) is 12.0 Å². The van der Waals surface area contributed by atoms with Crippen LogP contribution in [-0.2, 0) is 0 Å². The van der Waals surface area contributed by atoms with E-state index in [-0.39, 0.29) is 0 Å². The number of unbranched alkanes of at least 4 members (excludes halogenated alkanes) is 4. The molecule has 1 aliphatic rings. The molecule has 0 aliphatic heterocycles. The van der Waals surface area contributed by atoms with E-state index >= 15 is 0 Å². The molecule has 1 heteroatoms. The van der Waals surface area contributed by atoms with Crippen molar-refractivity contribution < 1.29 is 0 Å². The Morgan fingerprint density at radius 1 is 0.810 bits per heavy atom. The minimum atomic E-state index is 0.733. The molecule has 1 nitrogen and oxygen atoms in total. The third kappa shape index (κ3) is 8.86. The van der Waals surface area contributed by atoms with E-state index in [1.54, 1.807) is 0 Å². The Kier molecular flexibility index (Phi) is 11.3. The van der Waals surface area contributed by atoms with E-state index in [1.165, 1.54) is 89.9 Å². The summed E-state index contributed by atoms with van der Waals surface area (Å²) in [5, 5.41) is 4.03. The van der Waals surface area contributed by atoms with Gasteiger partial charge in [-0.1, -0.05) is 78.1 Å². The lowest BCUT2D eigenvalue weighted by Crippen LogP contribution is -2.41. The van der Waals surface area contributed by atoms with Crippen LogP contribution in [0.4, 0.5) is 0 Å². The van der Waals surface area contributed by atoms with E-state index in [2.05, 4.69) is 26.1 Å². The fraction of sp³-hybridized carbons (Fsp3) is 1.00. The molecule has 21 heavy (non-hydrogen) atoms. The molecule has 1 N–H and O–H groups in total. The summed E-state index contributed by atoms with van der Waals surface area (Å²) in [6.45, 7) is 7.09. The zero-order valence-electron chi connectivity index (χ0n) is 15.1. The van der Waals surface area contributed by atoms with Crippen LogP contribution in [0.2, 0.25) is 0 Å². The summed E-state index contributed by atoms with van der Waals surface area (Å²) in [6.07, 6.45) is 19.9. The van der Waals surface area contributed by atoms with Crippen LogP contribution in [0.5, 0.6) is 0 Å². The molecule has 1 atom stereocenters. The van der Waals surface area contributed by atoms with Crippen molar-refractivity contribution in [2.24, 2.45) is 5.92 Å². The van der Waals surface area contributed by atoms with E-state index in [9.17, 15) is 0 Å². The maximum Gasteiger partial charge on any atom is 0.00696 e. The van der Waals surface area contributed by atoms with Gasteiger partial charge in [0.2, 0.25) is 0 Å². The molecule has 0 aromatic carbocycles. The molecule has 1 fully saturated rings. The Balaban J connectivity index is 2.36. The number of rotatable bonds is 11. The zero-order valence-corrected chi connectivity index (χ0v) is 15.1. The van der Waals surface area contributed by atoms with Crippen molar-refractivity contribution in [2.75, 3.05) is 0 Å². The summed E-state index contributed by atoms with van der Waals surface area (Å²) in [7, 11) is 0. The Labute approximate surface area is 134 Å². The zero-order chi connectivity index (χ0) is 15.3. The standard InChI is InChI=1S/C20H41N/c1-4-6-10-16-20(17-11-7-5-2)21-18(3)19-14-12-8-9-13-15-19/h18-21H,4-17H2,1-3H3/t18-/m0/s1. The summed E-state index contributed by atoms with van der Waals surface area (Å²) >= 11 is 0. The molecule has 0 radical (unpaired) electrons. The van der Waals surface area contributed by atoms with Gasteiger partial charge in [-0.3, -0.25) is 0 Å². The summed E-state index contributed by atoms with van der Waals surface area (Å²) in [5.41, 5.74) is 0. The maximum atomic E-state index is 4.03. The van der Waals surface area contributed by atoms with Crippen LogP contribution in [0.15, 0.2) is 0 Å². The first-order chi connectivity index (χ1) is 10.3. The Morgan fingerprint density at radius 3 is 1.81 bits per heavy atom. The monoisotopic (exact) mass is 295 g/mol. The summed E-state index contributed by atoms with van der Waals surface area (Å²) in [6, 6.07) is 1.51. The van der Waals surface area contributed by atoms with Crippen LogP contribution < -0.4 is 5.32 Å². The van der Waals surface area contributed by atoms with Gasteiger partial charge in [-0.05, 0) is 38.5 Å². The molecule has 0 bridgehead atoms. The summed E-state index contributed by atoms with van der Waals surface area (Å²) in [4.78, 5) is 0. The molecule has 1 rings (SSSR count). The van der Waals surface area contributed by atoms with Gasteiger partial charge in [-0.15, -0.1) is 0 Å². The van der Waals surface area contributed by atoms with E-state index in [1.807, 2.05) is 0 Å². The summed E-state index contributed by atoms with van der Waals surface area (Å²) < 4.78 is 0. The van der Waals surface area contributed by atoms with Gasteiger partial charge < -0.3 is 5.32 Å². The van der Waals surface area contributed by atoms with Crippen molar-refractivity contribution in [3.05, 3.63) is 0 Å². The molecule has 0 unspecified atom stereocenters. The Bertz CT molecular complexity index is 208. The first-order valence-corrected chi connectivity index (χ1v) is 10.0. The predicted octanol–water partition coefficient (Wildman–Crippen LogP) is 6.46. The highest BCUT2D eigenvalue weighted by atomic mass is 14.9.